The highest BCUT2D eigenvalue weighted by Crippen LogP contribution is 2.60. The molecule has 1 spiro atoms. The van der Waals surface area contributed by atoms with E-state index in [1.54, 1.807) is 5.57 Å². The molecule has 0 saturated heterocycles. The molecule has 0 aliphatic heterocycles. The summed E-state index contributed by atoms with van der Waals surface area (Å²) in [6.45, 7) is 4.41. The highest BCUT2D eigenvalue weighted by Gasteiger charge is 2.58. The molecule has 0 aromatic heterocycles. The molecule has 0 N–H and O–H groups in total. The Morgan fingerprint density at radius 2 is 2.27 bits per heavy atom. The normalized spacial score (nSPS) is 42.3. The Kier molecular flexibility index (Phi) is 1.78. The van der Waals surface area contributed by atoms with Crippen molar-refractivity contribution < 1.29 is 4.79 Å². The van der Waals surface area contributed by atoms with Crippen molar-refractivity contribution in [1.29, 1.82) is 0 Å². The molecule has 0 heterocycles. The van der Waals surface area contributed by atoms with Crippen molar-refractivity contribution in [3.05, 3.63) is 23.3 Å². The van der Waals surface area contributed by atoms with Crippen LogP contribution in [0.4, 0.5) is 0 Å². The largest absolute Gasteiger partial charge is 0.298 e. The zero-order valence-electron chi connectivity index (χ0n) is 9.55. The second-order valence-electron chi connectivity index (χ2n) is 5.57. The summed E-state index contributed by atoms with van der Waals surface area (Å²) in [7, 11) is 0. The van der Waals surface area contributed by atoms with Crippen LogP contribution in [0.25, 0.3) is 0 Å². The van der Waals surface area contributed by atoms with Gasteiger partial charge in [-0.25, -0.2) is 0 Å². The van der Waals surface area contributed by atoms with Gasteiger partial charge in [0.25, 0.3) is 0 Å². The third-order valence-corrected chi connectivity index (χ3v) is 4.74. The first kappa shape index (κ1) is 9.38. The maximum absolute atomic E-state index is 12.3. The predicted molar refractivity (Wildman–Crippen MR) is 60.4 cm³/mol. The van der Waals surface area contributed by atoms with Crippen molar-refractivity contribution in [2.45, 2.75) is 39.5 Å². The van der Waals surface area contributed by atoms with Gasteiger partial charge in [0, 0.05) is 11.3 Å². The summed E-state index contributed by atoms with van der Waals surface area (Å²) >= 11 is 0. The van der Waals surface area contributed by atoms with Crippen molar-refractivity contribution in [3.8, 4) is 0 Å². The maximum atomic E-state index is 12.3. The van der Waals surface area contributed by atoms with E-state index in [2.05, 4.69) is 26.0 Å². The topological polar surface area (TPSA) is 17.1 Å². The van der Waals surface area contributed by atoms with Crippen molar-refractivity contribution in [2.24, 2.45) is 17.3 Å². The van der Waals surface area contributed by atoms with E-state index < -0.39 is 0 Å². The summed E-state index contributed by atoms with van der Waals surface area (Å²) in [5.41, 5.74) is 3.08. The summed E-state index contributed by atoms with van der Waals surface area (Å²) in [4.78, 5) is 12.3. The van der Waals surface area contributed by atoms with Gasteiger partial charge in [0.1, 0.15) is 5.78 Å². The van der Waals surface area contributed by atoms with Gasteiger partial charge in [0.15, 0.2) is 0 Å². The van der Waals surface area contributed by atoms with Gasteiger partial charge >= 0.3 is 0 Å². The van der Waals surface area contributed by atoms with Crippen molar-refractivity contribution in [1.82, 2.24) is 0 Å². The van der Waals surface area contributed by atoms with E-state index in [-0.39, 0.29) is 11.3 Å². The maximum Gasteiger partial charge on any atom is 0.146 e. The van der Waals surface area contributed by atoms with Crippen LogP contribution in [0.1, 0.15) is 39.5 Å². The van der Waals surface area contributed by atoms with Crippen molar-refractivity contribution in [2.75, 3.05) is 0 Å². The quantitative estimate of drug-likeness (QED) is 0.551. The zero-order valence-corrected chi connectivity index (χ0v) is 9.55. The third kappa shape index (κ3) is 1.01. The zero-order chi connectivity index (χ0) is 10.6. The molecule has 3 atom stereocenters. The standard InChI is InChI=1S/C14H18O/c1-9(2)11-5-7-14-6-3-4-10(13(14)15)8-12(11)14/h3-4,10,12H,5-8H2,1-2H3/t10-,12+,14-/m0/s1. The Labute approximate surface area is 91.2 Å². The molecule has 80 valence electrons. The lowest BCUT2D eigenvalue weighted by Crippen LogP contribution is -2.31. The molecule has 1 heteroatoms. The molecule has 15 heavy (non-hydrogen) atoms. The van der Waals surface area contributed by atoms with Crippen LogP contribution in [0.3, 0.4) is 0 Å². The first-order chi connectivity index (χ1) is 7.15. The fourth-order valence-electron chi connectivity index (χ4n) is 3.98. The van der Waals surface area contributed by atoms with Crippen LogP contribution in [0, 0.1) is 17.3 Å². The van der Waals surface area contributed by atoms with Gasteiger partial charge in [0.05, 0.1) is 0 Å². The minimum atomic E-state index is 0.0337. The van der Waals surface area contributed by atoms with Gasteiger partial charge in [-0.1, -0.05) is 23.3 Å². The molecular weight excluding hydrogens is 184 g/mol. The molecule has 2 fully saturated rings. The Balaban J connectivity index is 2.10. The molecule has 0 aromatic rings. The second kappa shape index (κ2) is 2.84. The number of Topliss-reactive ketones (excluding diaryl/α,β-unsaturated/α-hetero) is 1. The lowest BCUT2D eigenvalue weighted by atomic mass is 9.74. The monoisotopic (exact) mass is 202 g/mol. The summed E-state index contributed by atoms with van der Waals surface area (Å²) in [5, 5.41) is 0. The Morgan fingerprint density at radius 3 is 3.00 bits per heavy atom. The van der Waals surface area contributed by atoms with E-state index in [0.29, 0.717) is 11.7 Å². The molecular formula is C14H18O. The summed E-state index contributed by atoms with van der Waals surface area (Å²) in [6, 6.07) is 0. The average Bonchev–Trinajstić information content (AvgIpc) is 2.57. The Hall–Kier alpha value is -0.850. The molecule has 1 nitrogen and oxygen atoms in total. The number of hydrogen-bond donors (Lipinski definition) is 0. The average molecular weight is 202 g/mol. The van der Waals surface area contributed by atoms with Crippen LogP contribution in [-0.4, -0.2) is 5.78 Å². The minimum absolute atomic E-state index is 0.0337. The lowest BCUT2D eigenvalue weighted by molar-refractivity contribution is -0.128. The van der Waals surface area contributed by atoms with E-state index in [1.807, 2.05) is 0 Å². The minimum Gasteiger partial charge on any atom is -0.298 e. The van der Waals surface area contributed by atoms with E-state index >= 15 is 0 Å². The first-order valence-electron chi connectivity index (χ1n) is 6.02. The smallest absolute Gasteiger partial charge is 0.146 e. The van der Waals surface area contributed by atoms with Crippen LogP contribution >= 0.6 is 0 Å². The van der Waals surface area contributed by atoms with Gasteiger partial charge in [-0.15, -0.1) is 0 Å². The van der Waals surface area contributed by atoms with E-state index in [4.69, 9.17) is 0 Å². The molecule has 2 saturated carbocycles. The van der Waals surface area contributed by atoms with Crippen LogP contribution < -0.4 is 0 Å². The van der Waals surface area contributed by atoms with Gasteiger partial charge in [0.2, 0.25) is 0 Å². The molecule has 2 bridgehead atoms. The molecule has 0 aromatic carbocycles. The van der Waals surface area contributed by atoms with Gasteiger partial charge < -0.3 is 0 Å². The first-order valence-corrected chi connectivity index (χ1v) is 6.02. The molecule has 3 rings (SSSR count). The number of carbonyl (C=O) groups is 1. The number of rotatable bonds is 0. The number of allylic oxidation sites excluding steroid dienone is 4. The van der Waals surface area contributed by atoms with Gasteiger partial charge in [-0.05, 0) is 45.4 Å². The fraction of sp³-hybridized carbons (Fsp3) is 0.643. The van der Waals surface area contributed by atoms with E-state index in [0.717, 1.165) is 19.3 Å². The Bertz CT molecular complexity index is 384. The molecule has 0 unspecified atom stereocenters. The molecule has 3 aliphatic carbocycles. The fourth-order valence-corrected chi connectivity index (χ4v) is 3.98. The SMILES string of the molecule is CC(C)=C1CC[C@@]23CC=C[C@@H](C[C@H]12)C3=O. The number of ketones is 1. The molecule has 0 amide bonds. The number of carbonyl (C=O) groups excluding carboxylic acids is 1. The predicted octanol–water partition coefficient (Wildman–Crippen LogP) is 3.27. The van der Waals surface area contributed by atoms with Crippen molar-refractivity contribution in [3.63, 3.8) is 0 Å². The molecule has 3 aliphatic rings. The molecule has 0 radical (unpaired) electrons. The second-order valence-corrected chi connectivity index (χ2v) is 5.57. The third-order valence-electron chi connectivity index (χ3n) is 4.74. The highest BCUT2D eigenvalue weighted by atomic mass is 16.1. The lowest BCUT2D eigenvalue weighted by Gasteiger charge is -2.28. The van der Waals surface area contributed by atoms with Crippen LogP contribution in [0.15, 0.2) is 23.3 Å². The van der Waals surface area contributed by atoms with E-state index in [9.17, 15) is 4.79 Å². The van der Waals surface area contributed by atoms with E-state index in [1.165, 1.54) is 12.0 Å². The summed E-state index contributed by atoms with van der Waals surface area (Å²) in [5.74, 6) is 1.37. The Morgan fingerprint density at radius 1 is 1.47 bits per heavy atom. The van der Waals surface area contributed by atoms with Crippen LogP contribution in [-0.2, 0) is 4.79 Å². The van der Waals surface area contributed by atoms with Crippen molar-refractivity contribution >= 4 is 5.78 Å². The summed E-state index contributed by atoms with van der Waals surface area (Å²) < 4.78 is 0. The summed E-state index contributed by atoms with van der Waals surface area (Å²) in [6.07, 6.45) is 8.77. The number of fused-ring (bicyclic) bond motifs is 1. The van der Waals surface area contributed by atoms with Crippen LogP contribution in [0.5, 0.6) is 0 Å². The number of hydrogen-bond acceptors (Lipinski definition) is 1. The highest BCUT2D eigenvalue weighted by molar-refractivity contribution is 5.93. The van der Waals surface area contributed by atoms with Crippen LogP contribution in [0.2, 0.25) is 0 Å². The van der Waals surface area contributed by atoms with Gasteiger partial charge in [-0.2, -0.15) is 0 Å². The van der Waals surface area contributed by atoms with Gasteiger partial charge in [-0.3, -0.25) is 4.79 Å².